The number of aryl methyl sites for hydroxylation is 1. The quantitative estimate of drug-likeness (QED) is 0.553. The Labute approximate surface area is 165 Å². The molecule has 0 saturated carbocycles. The molecule has 2 aromatic heterocycles. The predicted molar refractivity (Wildman–Crippen MR) is 114 cm³/mol. The number of thiophene rings is 2. The van der Waals surface area contributed by atoms with Crippen LogP contribution in [0.4, 0.5) is 0 Å². The Morgan fingerprint density at radius 3 is 2.69 bits per heavy atom. The van der Waals surface area contributed by atoms with Crippen LogP contribution < -0.4 is 10.6 Å². The number of likely N-dealkylation sites (tertiary alicyclic amines) is 1. The first kappa shape index (κ1) is 19.4. The summed E-state index contributed by atoms with van der Waals surface area (Å²) in [5.74, 6) is 1.68. The van der Waals surface area contributed by atoms with E-state index >= 15 is 0 Å². The van der Waals surface area contributed by atoms with Crippen LogP contribution in [0.5, 0.6) is 0 Å². The molecule has 3 rings (SSSR count). The van der Waals surface area contributed by atoms with Crippen molar-refractivity contribution in [1.29, 1.82) is 0 Å². The maximum Gasteiger partial charge on any atom is 0.191 e. The number of aliphatic imine (C=N–C) groups is 1. The zero-order valence-corrected chi connectivity index (χ0v) is 17.5. The molecule has 2 aromatic rings. The summed E-state index contributed by atoms with van der Waals surface area (Å²) in [7, 11) is 0. The third-order valence-corrected chi connectivity index (χ3v) is 6.79. The van der Waals surface area contributed by atoms with Gasteiger partial charge in [0.2, 0.25) is 0 Å². The van der Waals surface area contributed by atoms with Crippen LogP contribution in [0.3, 0.4) is 0 Å². The van der Waals surface area contributed by atoms with E-state index in [1.807, 2.05) is 11.3 Å². The van der Waals surface area contributed by atoms with E-state index in [4.69, 9.17) is 4.99 Å². The van der Waals surface area contributed by atoms with E-state index in [2.05, 4.69) is 58.3 Å². The zero-order chi connectivity index (χ0) is 18.2. The van der Waals surface area contributed by atoms with E-state index in [-0.39, 0.29) is 0 Å². The Hall–Kier alpha value is -1.37. The molecular weight excluding hydrogens is 360 g/mol. The first-order valence-electron chi connectivity index (χ1n) is 9.54. The maximum absolute atomic E-state index is 4.76. The van der Waals surface area contributed by atoms with Crippen molar-refractivity contribution in [1.82, 2.24) is 15.5 Å². The minimum atomic E-state index is 0.738. The molecule has 1 aliphatic rings. The van der Waals surface area contributed by atoms with Crippen LogP contribution in [0.2, 0.25) is 0 Å². The summed E-state index contributed by atoms with van der Waals surface area (Å²) in [4.78, 5) is 10.2. The van der Waals surface area contributed by atoms with Crippen molar-refractivity contribution in [3.63, 3.8) is 0 Å². The number of rotatable bonds is 7. The standard InChI is InChI=1S/C20H30N4S2/c1-3-21-20(23-14-19-16(2)8-12-26-19)22-13-17-6-9-24(10-7-17)15-18-5-4-11-25-18/h4-5,8,11-12,17H,3,6-7,9-10,13-15H2,1-2H3,(H2,21,22,23). The highest BCUT2D eigenvalue weighted by Crippen LogP contribution is 2.20. The van der Waals surface area contributed by atoms with Crippen molar-refractivity contribution in [3.05, 3.63) is 44.3 Å². The molecule has 0 unspecified atom stereocenters. The van der Waals surface area contributed by atoms with Gasteiger partial charge in [-0.1, -0.05) is 6.07 Å². The molecule has 0 amide bonds. The lowest BCUT2D eigenvalue weighted by molar-refractivity contribution is 0.179. The monoisotopic (exact) mass is 390 g/mol. The Kier molecular flexibility index (Phi) is 7.53. The molecule has 142 valence electrons. The number of hydrogen-bond acceptors (Lipinski definition) is 4. The van der Waals surface area contributed by atoms with Gasteiger partial charge in [0, 0.05) is 29.4 Å². The number of guanidine groups is 1. The van der Waals surface area contributed by atoms with E-state index in [0.29, 0.717) is 0 Å². The maximum atomic E-state index is 4.76. The average Bonchev–Trinajstić information content (AvgIpc) is 3.30. The van der Waals surface area contributed by atoms with Gasteiger partial charge in [-0.3, -0.25) is 4.90 Å². The summed E-state index contributed by atoms with van der Waals surface area (Å²) in [5, 5.41) is 11.3. The van der Waals surface area contributed by atoms with Crippen molar-refractivity contribution in [2.24, 2.45) is 10.9 Å². The molecule has 6 heteroatoms. The third kappa shape index (κ3) is 5.83. The molecular formula is C20H30N4S2. The normalized spacial score (nSPS) is 16.8. The summed E-state index contributed by atoms with van der Waals surface area (Å²) >= 11 is 3.66. The molecule has 3 heterocycles. The summed E-state index contributed by atoms with van der Waals surface area (Å²) in [6.07, 6.45) is 2.53. The lowest BCUT2D eigenvalue weighted by Gasteiger charge is -2.32. The predicted octanol–water partition coefficient (Wildman–Crippen LogP) is 4.09. The first-order valence-corrected chi connectivity index (χ1v) is 11.3. The second kappa shape index (κ2) is 10.1. The van der Waals surface area contributed by atoms with Gasteiger partial charge in [-0.15, -0.1) is 22.7 Å². The highest BCUT2D eigenvalue weighted by molar-refractivity contribution is 7.10. The molecule has 1 aliphatic heterocycles. The second-order valence-corrected chi connectivity index (χ2v) is 8.93. The SMILES string of the molecule is CCNC(=NCc1sccc1C)NCC1CCN(Cc2cccs2)CC1. The van der Waals surface area contributed by atoms with Gasteiger partial charge in [0.05, 0.1) is 6.54 Å². The average molecular weight is 391 g/mol. The molecule has 0 aromatic carbocycles. The van der Waals surface area contributed by atoms with Crippen LogP contribution >= 0.6 is 22.7 Å². The number of nitrogens with zero attached hydrogens (tertiary/aromatic N) is 2. The molecule has 0 bridgehead atoms. The third-order valence-electron chi connectivity index (χ3n) is 4.92. The summed E-state index contributed by atoms with van der Waals surface area (Å²) < 4.78 is 0. The minimum absolute atomic E-state index is 0.738. The van der Waals surface area contributed by atoms with Crippen molar-refractivity contribution >= 4 is 28.6 Å². The molecule has 4 nitrogen and oxygen atoms in total. The van der Waals surface area contributed by atoms with Crippen molar-refractivity contribution in [2.45, 2.75) is 39.8 Å². The number of piperidine rings is 1. The largest absolute Gasteiger partial charge is 0.357 e. The van der Waals surface area contributed by atoms with Gasteiger partial charge < -0.3 is 10.6 Å². The lowest BCUT2D eigenvalue weighted by atomic mass is 9.97. The van der Waals surface area contributed by atoms with Crippen LogP contribution in [0, 0.1) is 12.8 Å². The van der Waals surface area contributed by atoms with E-state index in [0.717, 1.165) is 38.1 Å². The summed E-state index contributed by atoms with van der Waals surface area (Å²) in [5.41, 5.74) is 1.34. The highest BCUT2D eigenvalue weighted by atomic mass is 32.1. The highest BCUT2D eigenvalue weighted by Gasteiger charge is 2.19. The van der Waals surface area contributed by atoms with Gasteiger partial charge in [0.1, 0.15) is 0 Å². The molecule has 0 aliphatic carbocycles. The van der Waals surface area contributed by atoms with E-state index in [1.165, 1.54) is 41.2 Å². The van der Waals surface area contributed by atoms with Gasteiger partial charge in [0.25, 0.3) is 0 Å². The van der Waals surface area contributed by atoms with E-state index in [9.17, 15) is 0 Å². The molecule has 1 saturated heterocycles. The van der Waals surface area contributed by atoms with Crippen molar-refractivity contribution in [3.8, 4) is 0 Å². The van der Waals surface area contributed by atoms with Crippen LogP contribution in [0.15, 0.2) is 34.0 Å². The Morgan fingerprint density at radius 2 is 2.04 bits per heavy atom. The minimum Gasteiger partial charge on any atom is -0.357 e. The number of nitrogens with one attached hydrogen (secondary N) is 2. The second-order valence-electron chi connectivity index (χ2n) is 6.90. The topological polar surface area (TPSA) is 39.7 Å². The Balaban J connectivity index is 1.42. The van der Waals surface area contributed by atoms with Crippen LogP contribution in [-0.2, 0) is 13.1 Å². The van der Waals surface area contributed by atoms with Crippen molar-refractivity contribution in [2.75, 3.05) is 26.2 Å². The van der Waals surface area contributed by atoms with E-state index in [1.54, 1.807) is 11.3 Å². The van der Waals surface area contributed by atoms with Crippen LogP contribution in [-0.4, -0.2) is 37.0 Å². The Bertz CT molecular complexity index is 670. The smallest absolute Gasteiger partial charge is 0.191 e. The van der Waals surface area contributed by atoms with Gasteiger partial charge >= 0.3 is 0 Å². The fourth-order valence-corrected chi connectivity index (χ4v) is 4.85. The van der Waals surface area contributed by atoms with Gasteiger partial charge in [-0.2, -0.15) is 0 Å². The fourth-order valence-electron chi connectivity index (χ4n) is 3.27. The number of hydrogen-bond donors (Lipinski definition) is 2. The Morgan fingerprint density at radius 1 is 1.19 bits per heavy atom. The molecule has 0 atom stereocenters. The zero-order valence-electron chi connectivity index (χ0n) is 15.8. The molecule has 0 spiro atoms. The molecule has 1 fully saturated rings. The fraction of sp³-hybridized carbons (Fsp3) is 0.550. The van der Waals surface area contributed by atoms with Crippen LogP contribution in [0.25, 0.3) is 0 Å². The van der Waals surface area contributed by atoms with Gasteiger partial charge in [-0.25, -0.2) is 4.99 Å². The van der Waals surface area contributed by atoms with E-state index < -0.39 is 0 Å². The molecule has 0 radical (unpaired) electrons. The van der Waals surface area contributed by atoms with Gasteiger partial charge in [-0.05, 0) is 74.2 Å². The lowest BCUT2D eigenvalue weighted by Crippen LogP contribution is -2.42. The van der Waals surface area contributed by atoms with Crippen molar-refractivity contribution < 1.29 is 0 Å². The summed E-state index contributed by atoms with van der Waals surface area (Å²) in [6.45, 7) is 10.5. The summed E-state index contributed by atoms with van der Waals surface area (Å²) in [6, 6.07) is 6.56. The first-order chi connectivity index (χ1) is 12.7. The molecule has 2 N–H and O–H groups in total. The van der Waals surface area contributed by atoms with Crippen LogP contribution in [0.1, 0.15) is 35.1 Å². The van der Waals surface area contributed by atoms with Gasteiger partial charge in [0.15, 0.2) is 5.96 Å². The molecule has 26 heavy (non-hydrogen) atoms.